The van der Waals surface area contributed by atoms with Crippen LogP contribution in [0.4, 0.5) is 0 Å². The predicted molar refractivity (Wildman–Crippen MR) is 79.9 cm³/mol. The molecule has 0 atom stereocenters. The van der Waals surface area contributed by atoms with Crippen molar-refractivity contribution >= 4 is 10.0 Å². The van der Waals surface area contributed by atoms with Gasteiger partial charge in [0.1, 0.15) is 0 Å². The predicted octanol–water partition coefficient (Wildman–Crippen LogP) is 1.93. The minimum atomic E-state index is -3.36. The molecule has 0 amide bonds. The van der Waals surface area contributed by atoms with E-state index >= 15 is 0 Å². The van der Waals surface area contributed by atoms with E-state index in [9.17, 15) is 8.42 Å². The Hall–Kier alpha value is -0.850. The van der Waals surface area contributed by atoms with Gasteiger partial charge in [-0.05, 0) is 31.9 Å². The second-order valence-electron chi connectivity index (χ2n) is 5.68. The average Bonchev–Trinajstić information content (AvgIpc) is 2.89. The maximum Gasteiger partial charge on any atom is 0.244 e. The molecular weight excluding hydrogens is 274 g/mol. The largest absolute Gasteiger partial charge is 0.363 e. The molecule has 0 saturated heterocycles. The van der Waals surface area contributed by atoms with Crippen LogP contribution in [-0.2, 0) is 16.6 Å². The summed E-state index contributed by atoms with van der Waals surface area (Å²) >= 11 is 0. The van der Waals surface area contributed by atoms with Gasteiger partial charge in [0.25, 0.3) is 0 Å². The zero-order valence-corrected chi connectivity index (χ0v) is 13.2. The first-order valence-corrected chi connectivity index (χ1v) is 8.76. The number of nitrogens with zero attached hydrogens (tertiary/aromatic N) is 1. The number of rotatable bonds is 6. The number of nitrogens with one attached hydrogen (secondary N) is 2. The zero-order chi connectivity index (χ0) is 14.6. The lowest BCUT2D eigenvalue weighted by Gasteiger charge is -2.26. The molecule has 0 radical (unpaired) electrons. The lowest BCUT2D eigenvalue weighted by molar-refractivity contribution is 0.300. The fraction of sp³-hybridized carbons (Fsp3) is 0.714. The fourth-order valence-electron chi connectivity index (χ4n) is 2.87. The molecular formula is C14H25N3O2S. The minimum Gasteiger partial charge on any atom is -0.363 e. The molecule has 0 spiro atoms. The standard InChI is InChI=1S/C14H25N3O2S/c1-15-9-13-8-14(10-16-13)20(18,19)17(2)11-12-6-4-3-5-7-12/h8,10,12,15-16H,3-7,9,11H2,1-2H3. The molecule has 1 aromatic rings. The Morgan fingerprint density at radius 2 is 2.05 bits per heavy atom. The van der Waals surface area contributed by atoms with Crippen LogP contribution in [0.25, 0.3) is 0 Å². The molecule has 114 valence electrons. The van der Waals surface area contributed by atoms with Gasteiger partial charge in [0.15, 0.2) is 0 Å². The van der Waals surface area contributed by atoms with Crippen LogP contribution in [0.5, 0.6) is 0 Å². The van der Waals surface area contributed by atoms with Gasteiger partial charge < -0.3 is 10.3 Å². The van der Waals surface area contributed by atoms with E-state index in [0.29, 0.717) is 23.9 Å². The van der Waals surface area contributed by atoms with Crippen molar-refractivity contribution < 1.29 is 8.42 Å². The summed E-state index contributed by atoms with van der Waals surface area (Å²) in [6.45, 7) is 1.27. The van der Waals surface area contributed by atoms with Crippen LogP contribution < -0.4 is 5.32 Å². The monoisotopic (exact) mass is 299 g/mol. The SMILES string of the molecule is CNCc1cc(S(=O)(=O)N(C)CC2CCCCC2)c[nH]1. The number of H-pyrrole nitrogens is 1. The molecule has 0 aromatic carbocycles. The number of hydrogen-bond acceptors (Lipinski definition) is 3. The van der Waals surface area contributed by atoms with Crippen molar-refractivity contribution in [1.29, 1.82) is 0 Å². The maximum absolute atomic E-state index is 12.5. The molecule has 5 nitrogen and oxygen atoms in total. The van der Waals surface area contributed by atoms with Crippen molar-refractivity contribution in [2.75, 3.05) is 20.6 Å². The Balaban J connectivity index is 2.03. The summed E-state index contributed by atoms with van der Waals surface area (Å²) in [7, 11) is 0.165. The molecule has 2 N–H and O–H groups in total. The summed E-state index contributed by atoms with van der Waals surface area (Å²) < 4.78 is 26.5. The van der Waals surface area contributed by atoms with E-state index < -0.39 is 10.0 Å². The van der Waals surface area contributed by atoms with Crippen molar-refractivity contribution in [2.45, 2.75) is 43.5 Å². The van der Waals surface area contributed by atoms with Gasteiger partial charge >= 0.3 is 0 Å². The van der Waals surface area contributed by atoms with Crippen LogP contribution in [-0.4, -0.2) is 38.3 Å². The first-order chi connectivity index (χ1) is 9.54. The van der Waals surface area contributed by atoms with Gasteiger partial charge in [-0.1, -0.05) is 19.3 Å². The van der Waals surface area contributed by atoms with Crippen molar-refractivity contribution in [3.63, 3.8) is 0 Å². The lowest BCUT2D eigenvalue weighted by Crippen LogP contribution is -2.32. The first kappa shape index (κ1) is 15.5. The molecule has 1 fully saturated rings. The average molecular weight is 299 g/mol. The molecule has 1 aromatic heterocycles. The van der Waals surface area contributed by atoms with Gasteiger partial charge in [0, 0.05) is 32.0 Å². The highest BCUT2D eigenvalue weighted by molar-refractivity contribution is 7.89. The quantitative estimate of drug-likeness (QED) is 0.843. The number of hydrogen-bond donors (Lipinski definition) is 2. The van der Waals surface area contributed by atoms with E-state index in [1.165, 1.54) is 23.6 Å². The van der Waals surface area contributed by atoms with Gasteiger partial charge in [-0.15, -0.1) is 0 Å². The molecule has 1 saturated carbocycles. The summed E-state index contributed by atoms with van der Waals surface area (Å²) in [6, 6.07) is 1.71. The highest BCUT2D eigenvalue weighted by Crippen LogP contribution is 2.26. The van der Waals surface area contributed by atoms with Crippen LogP contribution >= 0.6 is 0 Å². The molecule has 0 unspecified atom stereocenters. The van der Waals surface area contributed by atoms with Gasteiger partial charge in [-0.25, -0.2) is 12.7 Å². The van der Waals surface area contributed by atoms with Crippen molar-refractivity contribution in [2.24, 2.45) is 5.92 Å². The molecule has 1 heterocycles. The smallest absolute Gasteiger partial charge is 0.244 e. The summed E-state index contributed by atoms with van der Waals surface area (Å²) in [5.74, 6) is 0.513. The van der Waals surface area contributed by atoms with E-state index in [4.69, 9.17) is 0 Å². The third-order valence-corrected chi connectivity index (χ3v) is 5.83. The highest BCUT2D eigenvalue weighted by Gasteiger charge is 2.25. The third-order valence-electron chi connectivity index (χ3n) is 4.03. The van der Waals surface area contributed by atoms with E-state index in [1.807, 2.05) is 7.05 Å². The molecule has 6 heteroatoms. The van der Waals surface area contributed by atoms with Crippen molar-refractivity contribution in [1.82, 2.24) is 14.6 Å². The Labute approximate surface area is 121 Å². The van der Waals surface area contributed by atoms with Crippen LogP contribution in [0.2, 0.25) is 0 Å². The lowest BCUT2D eigenvalue weighted by atomic mass is 9.89. The Bertz CT molecular complexity index is 518. The fourth-order valence-corrected chi connectivity index (χ4v) is 4.14. The van der Waals surface area contributed by atoms with Crippen LogP contribution in [0.15, 0.2) is 17.2 Å². The van der Waals surface area contributed by atoms with E-state index in [1.54, 1.807) is 19.3 Å². The second kappa shape index (κ2) is 6.74. The Morgan fingerprint density at radius 3 is 2.70 bits per heavy atom. The van der Waals surface area contributed by atoms with E-state index in [2.05, 4.69) is 10.3 Å². The molecule has 1 aliphatic carbocycles. The van der Waals surface area contributed by atoms with E-state index in [0.717, 1.165) is 18.5 Å². The molecule has 0 aliphatic heterocycles. The van der Waals surface area contributed by atoms with Crippen molar-refractivity contribution in [3.05, 3.63) is 18.0 Å². The van der Waals surface area contributed by atoms with Crippen LogP contribution in [0, 0.1) is 5.92 Å². The Kier molecular flexibility index (Phi) is 5.23. The second-order valence-corrected chi connectivity index (χ2v) is 7.73. The van der Waals surface area contributed by atoms with Crippen LogP contribution in [0.3, 0.4) is 0 Å². The normalized spacial score (nSPS) is 17.8. The van der Waals surface area contributed by atoms with Gasteiger partial charge in [0.05, 0.1) is 4.90 Å². The van der Waals surface area contributed by atoms with Gasteiger partial charge in [-0.3, -0.25) is 0 Å². The maximum atomic E-state index is 12.5. The summed E-state index contributed by atoms with van der Waals surface area (Å²) in [4.78, 5) is 3.37. The Morgan fingerprint density at radius 1 is 1.35 bits per heavy atom. The van der Waals surface area contributed by atoms with E-state index in [-0.39, 0.29) is 0 Å². The number of aromatic nitrogens is 1. The van der Waals surface area contributed by atoms with Crippen LogP contribution in [0.1, 0.15) is 37.8 Å². The molecule has 0 bridgehead atoms. The summed E-state index contributed by atoms with van der Waals surface area (Å²) in [5.41, 5.74) is 0.886. The highest BCUT2D eigenvalue weighted by atomic mass is 32.2. The minimum absolute atomic E-state index is 0.362. The van der Waals surface area contributed by atoms with Gasteiger partial charge in [-0.2, -0.15) is 0 Å². The summed E-state index contributed by atoms with van der Waals surface area (Å²) in [6.07, 6.45) is 7.64. The number of aromatic amines is 1. The van der Waals surface area contributed by atoms with Crippen molar-refractivity contribution in [3.8, 4) is 0 Å². The van der Waals surface area contributed by atoms with Gasteiger partial charge in [0.2, 0.25) is 10.0 Å². The molecule has 20 heavy (non-hydrogen) atoms. The number of sulfonamides is 1. The molecule has 2 rings (SSSR count). The topological polar surface area (TPSA) is 65.2 Å². The zero-order valence-electron chi connectivity index (χ0n) is 12.4. The first-order valence-electron chi connectivity index (χ1n) is 7.32. The summed E-state index contributed by atoms with van der Waals surface area (Å²) in [5, 5.41) is 3.00. The third kappa shape index (κ3) is 3.62. The molecule has 1 aliphatic rings.